The van der Waals surface area contributed by atoms with Crippen LogP contribution in [0.25, 0.3) is 0 Å². The molecule has 0 aliphatic carbocycles. The number of aliphatic hydroxyl groups is 1. The number of aryl methyl sites for hydroxylation is 2. The van der Waals surface area contributed by atoms with E-state index >= 15 is 0 Å². The fraction of sp³-hybridized carbons (Fsp3) is 0.312. The van der Waals surface area contributed by atoms with E-state index in [1.165, 1.54) is 63.2 Å². The Balaban J connectivity index is 0.000000175. The number of fused-ring (bicyclic) bond motifs is 2. The maximum absolute atomic E-state index is 14.1. The zero-order valence-corrected chi connectivity index (χ0v) is 25.4. The Morgan fingerprint density at radius 2 is 1.52 bits per heavy atom. The van der Waals surface area contributed by atoms with Gasteiger partial charge in [0.05, 0.1) is 13.1 Å². The highest BCUT2D eigenvalue weighted by Gasteiger charge is 2.34. The number of para-hydroxylation sites is 1. The van der Waals surface area contributed by atoms with Crippen LogP contribution in [0.15, 0.2) is 86.0 Å². The Bertz CT molecular complexity index is 1610. The second kappa shape index (κ2) is 14.1. The van der Waals surface area contributed by atoms with Crippen molar-refractivity contribution in [2.75, 3.05) is 32.1 Å². The van der Waals surface area contributed by atoms with Crippen LogP contribution in [0, 0.1) is 11.6 Å². The van der Waals surface area contributed by atoms with Gasteiger partial charge in [-0.05, 0) is 75.3 Å². The number of halogens is 3. The van der Waals surface area contributed by atoms with Gasteiger partial charge in [-0.1, -0.05) is 41.9 Å². The van der Waals surface area contributed by atoms with Crippen molar-refractivity contribution in [1.82, 2.24) is 34.4 Å². The molecule has 1 N–H and O–H groups in total. The Labute approximate surface area is 260 Å². The minimum absolute atomic E-state index is 0.0556. The number of benzene rings is 3. The van der Waals surface area contributed by atoms with Gasteiger partial charge in [-0.25, -0.2) is 28.1 Å². The summed E-state index contributed by atoms with van der Waals surface area (Å²) in [6.45, 7) is 1.96. The largest absolute Gasteiger partial charge is 0.381 e. The number of anilines is 2. The van der Waals surface area contributed by atoms with Crippen molar-refractivity contribution in [3.63, 3.8) is 0 Å². The van der Waals surface area contributed by atoms with Gasteiger partial charge in [0.25, 0.3) is 0 Å². The quantitative estimate of drug-likeness (QED) is 0.240. The van der Waals surface area contributed by atoms with Gasteiger partial charge in [-0.2, -0.15) is 10.2 Å². The third kappa shape index (κ3) is 7.65. The molecule has 5 aromatic rings. The Morgan fingerprint density at radius 1 is 0.864 bits per heavy atom. The second-order valence-electron chi connectivity index (χ2n) is 11.1. The molecule has 0 fully saturated rings. The molecule has 0 amide bonds. The summed E-state index contributed by atoms with van der Waals surface area (Å²) < 4.78 is 29.9. The van der Waals surface area contributed by atoms with Crippen LogP contribution in [0.5, 0.6) is 0 Å². The maximum atomic E-state index is 14.1. The van der Waals surface area contributed by atoms with Gasteiger partial charge in [0, 0.05) is 34.6 Å². The van der Waals surface area contributed by atoms with E-state index in [1.54, 1.807) is 0 Å². The predicted octanol–water partition coefficient (Wildman–Crippen LogP) is 5.26. The number of rotatable bonds is 9. The Morgan fingerprint density at radius 3 is 2.14 bits per heavy atom. The lowest BCUT2D eigenvalue weighted by atomic mass is 9.93. The monoisotopic (exact) mass is 620 g/mol. The van der Waals surface area contributed by atoms with Gasteiger partial charge in [0.15, 0.2) is 0 Å². The lowest BCUT2D eigenvalue weighted by Gasteiger charge is -2.28. The zero-order chi connectivity index (χ0) is 31.1. The lowest BCUT2D eigenvalue weighted by Crippen LogP contribution is -2.37. The molecule has 0 radical (unpaired) electrons. The molecular weight excluding hydrogens is 586 g/mol. The molecule has 3 heterocycles. The van der Waals surface area contributed by atoms with E-state index in [4.69, 9.17) is 11.6 Å². The molecule has 6 rings (SSSR count). The minimum atomic E-state index is -1.70. The van der Waals surface area contributed by atoms with Crippen LogP contribution in [-0.4, -0.2) is 66.7 Å². The van der Waals surface area contributed by atoms with E-state index in [1.807, 2.05) is 6.07 Å². The maximum Gasteiger partial charge on any atom is 0.137 e. The van der Waals surface area contributed by atoms with Crippen LogP contribution in [0.4, 0.5) is 20.2 Å². The summed E-state index contributed by atoms with van der Waals surface area (Å²) in [5.41, 5.74) is 3.68. The molecule has 9 nitrogen and oxygen atoms in total. The SMILES string of the molecule is CN(C)CCCN1c2ccccc2CCc2ccc(Cl)cc21.OC(Cn1cncn1)(Cn1cncn1)c1ccc(F)cc1F. The zero-order valence-electron chi connectivity index (χ0n) is 24.7. The van der Waals surface area contributed by atoms with Gasteiger partial charge in [-0.3, -0.25) is 0 Å². The first-order valence-corrected chi connectivity index (χ1v) is 14.7. The van der Waals surface area contributed by atoms with Crippen LogP contribution in [0.1, 0.15) is 23.1 Å². The molecule has 3 aromatic carbocycles. The lowest BCUT2D eigenvalue weighted by molar-refractivity contribution is -0.00856. The van der Waals surface area contributed by atoms with Gasteiger partial charge >= 0.3 is 0 Å². The molecule has 2 aromatic heterocycles. The summed E-state index contributed by atoms with van der Waals surface area (Å²) in [4.78, 5) is 12.3. The van der Waals surface area contributed by atoms with E-state index in [0.29, 0.717) is 0 Å². The first kappa shape index (κ1) is 31.2. The van der Waals surface area contributed by atoms with E-state index < -0.39 is 17.2 Å². The normalized spacial score (nSPS) is 12.8. The van der Waals surface area contributed by atoms with Crippen LogP contribution >= 0.6 is 11.6 Å². The van der Waals surface area contributed by atoms with Gasteiger partial charge < -0.3 is 14.9 Å². The number of aromatic nitrogens is 6. The highest BCUT2D eigenvalue weighted by Crippen LogP contribution is 2.37. The molecule has 0 spiro atoms. The summed E-state index contributed by atoms with van der Waals surface area (Å²) in [6.07, 6.45) is 8.70. The molecular formula is C32H35ClF2N8O. The fourth-order valence-electron chi connectivity index (χ4n) is 5.42. The molecule has 230 valence electrons. The third-order valence-electron chi connectivity index (χ3n) is 7.48. The van der Waals surface area contributed by atoms with Crippen molar-refractivity contribution >= 4 is 23.0 Å². The van der Waals surface area contributed by atoms with E-state index in [2.05, 4.69) is 80.5 Å². The second-order valence-corrected chi connectivity index (χ2v) is 11.5. The van der Waals surface area contributed by atoms with Gasteiger partial charge in [-0.15, -0.1) is 0 Å². The first-order valence-electron chi connectivity index (χ1n) is 14.3. The summed E-state index contributed by atoms with van der Waals surface area (Å²) in [5.74, 6) is -1.56. The third-order valence-corrected chi connectivity index (χ3v) is 7.72. The molecule has 12 heteroatoms. The van der Waals surface area contributed by atoms with Crippen LogP contribution in [0.2, 0.25) is 5.02 Å². The van der Waals surface area contributed by atoms with Crippen molar-refractivity contribution in [3.8, 4) is 0 Å². The van der Waals surface area contributed by atoms with Crippen LogP contribution < -0.4 is 4.90 Å². The van der Waals surface area contributed by atoms with Gasteiger partial charge in [0.2, 0.25) is 0 Å². The standard InChI is InChI=1S/C19H23ClN2.C13H12F2N6O/c1-21(2)12-5-13-22-18-7-4-3-6-15(18)8-9-16-10-11-17(20)14-19(16)22;14-10-1-2-11(12(15)3-10)13(22,4-20-8-16-6-18-20)5-21-9-17-7-19-21/h3-4,6-7,10-11,14H,5,8-9,12-13H2,1-2H3;1-3,6-9,22H,4-5H2. The number of hydrogen-bond donors (Lipinski definition) is 1. The molecule has 1 aliphatic rings. The van der Waals surface area contributed by atoms with E-state index in [0.717, 1.165) is 49.5 Å². The summed E-state index contributed by atoms with van der Waals surface area (Å²) in [7, 11) is 4.25. The first-order chi connectivity index (χ1) is 21.2. The predicted molar refractivity (Wildman–Crippen MR) is 166 cm³/mol. The van der Waals surface area contributed by atoms with Crippen LogP contribution in [-0.2, 0) is 31.5 Å². The molecule has 0 bridgehead atoms. The fourth-order valence-corrected chi connectivity index (χ4v) is 5.59. The van der Waals surface area contributed by atoms with Gasteiger partial charge in [0.1, 0.15) is 42.5 Å². The average molecular weight is 621 g/mol. The van der Waals surface area contributed by atoms with Crippen LogP contribution in [0.3, 0.4) is 0 Å². The van der Waals surface area contributed by atoms with E-state index in [9.17, 15) is 13.9 Å². The summed E-state index contributed by atoms with van der Waals surface area (Å²) in [5, 5.41) is 19.6. The van der Waals surface area contributed by atoms with Crippen molar-refractivity contribution < 1.29 is 13.9 Å². The molecule has 44 heavy (non-hydrogen) atoms. The molecule has 0 unspecified atom stereocenters. The molecule has 0 saturated carbocycles. The van der Waals surface area contributed by atoms with E-state index in [-0.39, 0.29) is 18.7 Å². The van der Waals surface area contributed by atoms with Crippen molar-refractivity contribution in [2.45, 2.75) is 38.0 Å². The molecule has 0 atom stereocenters. The summed E-state index contributed by atoms with van der Waals surface area (Å²) >= 11 is 6.27. The Kier molecular flexibility index (Phi) is 9.99. The Hall–Kier alpha value is -4.19. The molecule has 1 aliphatic heterocycles. The van der Waals surface area contributed by atoms with Crippen molar-refractivity contribution in [2.24, 2.45) is 0 Å². The van der Waals surface area contributed by atoms with Crippen molar-refractivity contribution in [1.29, 1.82) is 0 Å². The topological polar surface area (TPSA) is 88.1 Å². The van der Waals surface area contributed by atoms with Crippen molar-refractivity contribution in [3.05, 3.63) is 119 Å². The summed E-state index contributed by atoms with van der Waals surface area (Å²) in [6, 6.07) is 18.1. The average Bonchev–Trinajstić information content (AvgIpc) is 3.67. The number of hydrogen-bond acceptors (Lipinski definition) is 7. The smallest absolute Gasteiger partial charge is 0.137 e. The molecule has 0 saturated heterocycles. The minimum Gasteiger partial charge on any atom is -0.381 e. The number of nitrogens with zero attached hydrogens (tertiary/aromatic N) is 8. The highest BCUT2D eigenvalue weighted by molar-refractivity contribution is 6.30. The highest BCUT2D eigenvalue weighted by atomic mass is 35.5.